The standard InChI is InChI=1S/C22H34ClNO/c1-24(2)16-20-15-18(14-17-8-10-21(23)11-9-17)12-13-22(20,25)19-6-4-3-5-7-19/h8-11,18-20,25H,3-7,12-16H2,1-2H3. The van der Waals surface area contributed by atoms with E-state index in [4.69, 9.17) is 11.6 Å². The maximum absolute atomic E-state index is 11.7. The number of hydrogen-bond donors (Lipinski definition) is 1. The fraction of sp³-hybridized carbons (Fsp3) is 0.727. The first kappa shape index (κ1) is 19.2. The summed E-state index contributed by atoms with van der Waals surface area (Å²) in [4.78, 5) is 2.27. The molecule has 0 heterocycles. The van der Waals surface area contributed by atoms with Crippen LogP contribution in [0.25, 0.3) is 0 Å². The summed E-state index contributed by atoms with van der Waals surface area (Å²) in [5, 5.41) is 12.5. The van der Waals surface area contributed by atoms with E-state index in [0.717, 1.165) is 37.3 Å². The molecule has 2 nitrogen and oxygen atoms in total. The molecule has 3 atom stereocenters. The summed E-state index contributed by atoms with van der Waals surface area (Å²) in [6, 6.07) is 8.31. The Morgan fingerprint density at radius 1 is 1.08 bits per heavy atom. The van der Waals surface area contributed by atoms with Gasteiger partial charge in [0.05, 0.1) is 5.60 Å². The second-order valence-electron chi connectivity index (χ2n) is 8.76. The van der Waals surface area contributed by atoms with Gasteiger partial charge in [-0.05, 0) is 82.2 Å². The smallest absolute Gasteiger partial charge is 0.0716 e. The van der Waals surface area contributed by atoms with Gasteiger partial charge in [0.2, 0.25) is 0 Å². The summed E-state index contributed by atoms with van der Waals surface area (Å²) in [7, 11) is 4.29. The first-order valence-electron chi connectivity index (χ1n) is 10.1. The van der Waals surface area contributed by atoms with E-state index in [9.17, 15) is 5.11 Å². The Bertz CT molecular complexity index is 537. The van der Waals surface area contributed by atoms with E-state index in [1.165, 1.54) is 37.7 Å². The van der Waals surface area contributed by atoms with E-state index in [-0.39, 0.29) is 0 Å². The molecule has 1 aromatic rings. The van der Waals surface area contributed by atoms with Gasteiger partial charge in [-0.1, -0.05) is 43.0 Å². The maximum Gasteiger partial charge on any atom is 0.0716 e. The highest BCUT2D eigenvalue weighted by Crippen LogP contribution is 2.47. The molecule has 3 rings (SSSR count). The van der Waals surface area contributed by atoms with Gasteiger partial charge in [0.1, 0.15) is 0 Å². The van der Waals surface area contributed by atoms with Gasteiger partial charge < -0.3 is 10.0 Å². The molecule has 2 fully saturated rings. The van der Waals surface area contributed by atoms with Gasteiger partial charge in [0.25, 0.3) is 0 Å². The Kier molecular flexibility index (Phi) is 6.46. The minimum absolute atomic E-state index is 0.400. The molecule has 3 heteroatoms. The summed E-state index contributed by atoms with van der Waals surface area (Å²) >= 11 is 6.02. The second-order valence-corrected chi connectivity index (χ2v) is 9.19. The largest absolute Gasteiger partial charge is 0.389 e. The normalized spacial score (nSPS) is 31.4. The predicted molar refractivity (Wildman–Crippen MR) is 106 cm³/mol. The first-order valence-corrected chi connectivity index (χ1v) is 10.5. The minimum Gasteiger partial charge on any atom is -0.389 e. The Morgan fingerprint density at radius 2 is 1.76 bits per heavy atom. The van der Waals surface area contributed by atoms with Crippen molar-refractivity contribution in [3.8, 4) is 0 Å². The molecule has 0 amide bonds. The molecular formula is C22H34ClNO. The first-order chi connectivity index (χ1) is 12.0. The molecule has 2 aliphatic rings. The summed E-state index contributed by atoms with van der Waals surface area (Å²) < 4.78 is 0. The van der Waals surface area contributed by atoms with Crippen LogP contribution in [0.2, 0.25) is 5.02 Å². The number of hydrogen-bond acceptors (Lipinski definition) is 2. The summed E-state index contributed by atoms with van der Waals surface area (Å²) in [5.41, 5.74) is 0.933. The van der Waals surface area contributed by atoms with Crippen molar-refractivity contribution in [2.45, 2.75) is 63.4 Å². The molecule has 0 spiro atoms. The van der Waals surface area contributed by atoms with Crippen LogP contribution in [0.3, 0.4) is 0 Å². The molecule has 140 valence electrons. The van der Waals surface area contributed by atoms with Gasteiger partial charge >= 0.3 is 0 Å². The van der Waals surface area contributed by atoms with Crippen molar-refractivity contribution in [1.82, 2.24) is 4.90 Å². The fourth-order valence-corrected chi connectivity index (χ4v) is 5.44. The van der Waals surface area contributed by atoms with Crippen molar-refractivity contribution < 1.29 is 5.11 Å². The van der Waals surface area contributed by atoms with Crippen LogP contribution < -0.4 is 0 Å². The molecule has 1 aromatic carbocycles. The molecule has 0 aliphatic heterocycles. The van der Waals surface area contributed by atoms with Crippen LogP contribution >= 0.6 is 11.6 Å². The summed E-state index contributed by atoms with van der Waals surface area (Å²) in [5.74, 6) is 1.59. The maximum atomic E-state index is 11.7. The lowest BCUT2D eigenvalue weighted by Gasteiger charge is -2.49. The number of aliphatic hydroxyl groups is 1. The van der Waals surface area contributed by atoms with Crippen LogP contribution in [0.15, 0.2) is 24.3 Å². The van der Waals surface area contributed by atoms with E-state index in [2.05, 4.69) is 31.1 Å². The zero-order chi connectivity index (χ0) is 17.9. The highest BCUT2D eigenvalue weighted by molar-refractivity contribution is 6.30. The van der Waals surface area contributed by atoms with Crippen LogP contribution in [0.5, 0.6) is 0 Å². The van der Waals surface area contributed by atoms with Crippen LogP contribution in [-0.4, -0.2) is 36.2 Å². The third-order valence-electron chi connectivity index (χ3n) is 6.61. The van der Waals surface area contributed by atoms with Gasteiger partial charge in [-0.2, -0.15) is 0 Å². The lowest BCUT2D eigenvalue weighted by molar-refractivity contribution is -0.119. The van der Waals surface area contributed by atoms with Gasteiger partial charge in [-0.3, -0.25) is 0 Å². The number of rotatable bonds is 5. The summed E-state index contributed by atoms with van der Waals surface area (Å²) in [6.45, 7) is 1.00. The third-order valence-corrected chi connectivity index (χ3v) is 6.87. The zero-order valence-electron chi connectivity index (χ0n) is 15.9. The van der Waals surface area contributed by atoms with Crippen molar-refractivity contribution in [2.24, 2.45) is 17.8 Å². The zero-order valence-corrected chi connectivity index (χ0v) is 16.6. The van der Waals surface area contributed by atoms with E-state index in [1.54, 1.807) is 0 Å². The topological polar surface area (TPSA) is 23.5 Å². The quantitative estimate of drug-likeness (QED) is 0.779. The summed E-state index contributed by atoms with van der Waals surface area (Å²) in [6.07, 6.45) is 10.8. The Morgan fingerprint density at radius 3 is 2.40 bits per heavy atom. The second kappa shape index (κ2) is 8.41. The molecule has 0 saturated heterocycles. The minimum atomic E-state index is -0.443. The molecule has 3 unspecified atom stereocenters. The van der Waals surface area contributed by atoms with Gasteiger partial charge in [-0.15, -0.1) is 0 Å². The highest BCUT2D eigenvalue weighted by Gasteiger charge is 2.47. The van der Waals surface area contributed by atoms with Crippen LogP contribution in [0.1, 0.15) is 56.9 Å². The molecule has 2 aliphatic carbocycles. The van der Waals surface area contributed by atoms with E-state index in [0.29, 0.717) is 17.8 Å². The van der Waals surface area contributed by atoms with Crippen LogP contribution in [0.4, 0.5) is 0 Å². The molecule has 0 bridgehead atoms. The van der Waals surface area contributed by atoms with Gasteiger partial charge in [0, 0.05) is 17.5 Å². The average molecular weight is 364 g/mol. The molecule has 0 aromatic heterocycles. The number of benzene rings is 1. The van der Waals surface area contributed by atoms with E-state index in [1.807, 2.05) is 12.1 Å². The van der Waals surface area contributed by atoms with E-state index >= 15 is 0 Å². The molecular weight excluding hydrogens is 330 g/mol. The molecule has 0 radical (unpaired) electrons. The predicted octanol–water partition coefficient (Wildman–Crippen LogP) is 5.17. The lowest BCUT2D eigenvalue weighted by Crippen LogP contribution is -2.52. The van der Waals surface area contributed by atoms with Crippen LogP contribution in [0, 0.1) is 17.8 Å². The Balaban J connectivity index is 1.69. The molecule has 1 N–H and O–H groups in total. The van der Waals surface area contributed by atoms with Crippen molar-refractivity contribution in [3.63, 3.8) is 0 Å². The fourth-order valence-electron chi connectivity index (χ4n) is 5.32. The molecule has 2 saturated carbocycles. The number of nitrogens with zero attached hydrogens (tertiary/aromatic N) is 1. The van der Waals surface area contributed by atoms with Crippen LogP contribution in [-0.2, 0) is 6.42 Å². The van der Waals surface area contributed by atoms with E-state index < -0.39 is 5.60 Å². The van der Waals surface area contributed by atoms with Crippen molar-refractivity contribution in [3.05, 3.63) is 34.9 Å². The Labute approximate surface area is 158 Å². The van der Waals surface area contributed by atoms with Crippen molar-refractivity contribution in [1.29, 1.82) is 0 Å². The number of halogens is 1. The SMILES string of the molecule is CN(C)CC1CC(Cc2ccc(Cl)cc2)CCC1(O)C1CCCCC1. The van der Waals surface area contributed by atoms with Gasteiger partial charge in [-0.25, -0.2) is 0 Å². The van der Waals surface area contributed by atoms with Gasteiger partial charge in [0.15, 0.2) is 0 Å². The Hall–Kier alpha value is -0.570. The third kappa shape index (κ3) is 4.78. The highest BCUT2D eigenvalue weighted by atomic mass is 35.5. The average Bonchev–Trinajstić information content (AvgIpc) is 2.60. The van der Waals surface area contributed by atoms with Crippen molar-refractivity contribution >= 4 is 11.6 Å². The molecule has 25 heavy (non-hydrogen) atoms. The monoisotopic (exact) mass is 363 g/mol. The van der Waals surface area contributed by atoms with Crippen molar-refractivity contribution in [2.75, 3.05) is 20.6 Å². The lowest BCUT2D eigenvalue weighted by atomic mass is 9.61.